The standard InChI is InChI=1S/C20H16ClFN4O4S/c21-17-6-5-16(31-17)19(28)24-9-12-10-26(20(29)30-12)14-4-3-11(8-13(14)22)25-7-1-2-15(25)18(23)27/h1-8,12H,9-10H2,(H2,23,27)(H,24,28)/t12-/m0/s1. The van der Waals surface area contributed by atoms with Crippen LogP contribution in [0, 0.1) is 5.82 Å². The van der Waals surface area contributed by atoms with Crippen LogP contribution in [-0.4, -0.2) is 41.7 Å². The number of amides is 3. The highest BCUT2D eigenvalue weighted by molar-refractivity contribution is 7.18. The van der Waals surface area contributed by atoms with Crippen LogP contribution in [0.15, 0.2) is 48.7 Å². The maximum Gasteiger partial charge on any atom is 0.414 e. The Hall–Kier alpha value is -3.37. The number of aromatic nitrogens is 1. The number of hydrogen-bond acceptors (Lipinski definition) is 5. The van der Waals surface area contributed by atoms with Gasteiger partial charge in [-0.15, -0.1) is 11.3 Å². The third-order valence-corrected chi connectivity index (χ3v) is 5.89. The molecule has 1 fully saturated rings. The molecule has 3 aromatic rings. The number of ether oxygens (including phenoxy) is 1. The number of carbonyl (C=O) groups is 3. The maximum absolute atomic E-state index is 14.8. The summed E-state index contributed by atoms with van der Waals surface area (Å²) in [5, 5.41) is 2.67. The van der Waals surface area contributed by atoms with Gasteiger partial charge in [-0.25, -0.2) is 9.18 Å². The molecule has 3 amide bonds. The van der Waals surface area contributed by atoms with E-state index in [1.165, 1.54) is 22.8 Å². The minimum atomic E-state index is -0.719. The first-order valence-electron chi connectivity index (χ1n) is 9.12. The van der Waals surface area contributed by atoms with E-state index in [0.717, 1.165) is 16.2 Å². The summed E-state index contributed by atoms with van der Waals surface area (Å²) < 4.78 is 22.0. The van der Waals surface area contributed by atoms with Crippen LogP contribution in [0.4, 0.5) is 14.9 Å². The lowest BCUT2D eigenvalue weighted by Gasteiger charge is -2.16. The topological polar surface area (TPSA) is 107 Å². The van der Waals surface area contributed by atoms with Crippen LogP contribution in [0.5, 0.6) is 0 Å². The van der Waals surface area contributed by atoms with E-state index in [4.69, 9.17) is 22.1 Å². The number of primary amides is 1. The normalized spacial score (nSPS) is 15.7. The molecular formula is C20H16ClFN4O4S. The second-order valence-electron chi connectivity index (χ2n) is 6.69. The van der Waals surface area contributed by atoms with Crippen LogP contribution in [0.2, 0.25) is 4.34 Å². The Balaban J connectivity index is 1.45. The molecule has 1 atom stereocenters. The van der Waals surface area contributed by atoms with Crippen LogP contribution >= 0.6 is 22.9 Å². The molecule has 8 nitrogen and oxygen atoms in total. The third kappa shape index (κ3) is 4.25. The summed E-state index contributed by atoms with van der Waals surface area (Å²) >= 11 is 6.96. The molecule has 1 saturated heterocycles. The number of thiophene rings is 1. The van der Waals surface area contributed by atoms with Gasteiger partial charge in [0.05, 0.1) is 28.0 Å². The van der Waals surface area contributed by atoms with Crippen molar-refractivity contribution in [2.75, 3.05) is 18.0 Å². The van der Waals surface area contributed by atoms with Crippen molar-refractivity contribution in [3.63, 3.8) is 0 Å². The zero-order chi connectivity index (χ0) is 22.1. The Morgan fingerprint density at radius 2 is 2.10 bits per heavy atom. The fraction of sp³-hybridized carbons (Fsp3) is 0.150. The number of benzene rings is 1. The van der Waals surface area contributed by atoms with E-state index < -0.39 is 23.9 Å². The Kier molecular flexibility index (Phi) is 5.66. The highest BCUT2D eigenvalue weighted by atomic mass is 35.5. The molecule has 2 aromatic heterocycles. The number of rotatable bonds is 6. The van der Waals surface area contributed by atoms with E-state index in [1.54, 1.807) is 30.5 Å². The van der Waals surface area contributed by atoms with Gasteiger partial charge in [0.15, 0.2) is 0 Å². The van der Waals surface area contributed by atoms with Crippen molar-refractivity contribution in [1.82, 2.24) is 9.88 Å². The number of nitrogens with zero attached hydrogens (tertiary/aromatic N) is 2. The van der Waals surface area contributed by atoms with E-state index in [0.29, 0.717) is 14.9 Å². The molecule has 31 heavy (non-hydrogen) atoms. The second kappa shape index (κ2) is 8.40. The van der Waals surface area contributed by atoms with E-state index in [9.17, 15) is 18.8 Å². The minimum absolute atomic E-state index is 0.0281. The van der Waals surface area contributed by atoms with Gasteiger partial charge >= 0.3 is 6.09 Å². The molecule has 3 heterocycles. The van der Waals surface area contributed by atoms with Gasteiger partial charge in [0.25, 0.3) is 11.8 Å². The number of halogens is 2. The van der Waals surface area contributed by atoms with Gasteiger partial charge in [-0.1, -0.05) is 11.6 Å². The summed E-state index contributed by atoms with van der Waals surface area (Å²) in [7, 11) is 0. The average molecular weight is 463 g/mol. The summed E-state index contributed by atoms with van der Waals surface area (Å²) in [6.45, 7) is 0.137. The summed E-state index contributed by atoms with van der Waals surface area (Å²) in [6.07, 6.45) is 0.221. The van der Waals surface area contributed by atoms with Gasteiger partial charge in [-0.05, 0) is 36.4 Å². The van der Waals surface area contributed by atoms with Crippen LogP contribution < -0.4 is 16.0 Å². The molecule has 0 aliphatic carbocycles. The van der Waals surface area contributed by atoms with Crippen molar-refractivity contribution in [2.24, 2.45) is 5.73 Å². The average Bonchev–Trinajstić information content (AvgIpc) is 3.46. The number of nitrogens with one attached hydrogen (secondary N) is 1. The van der Waals surface area contributed by atoms with E-state index >= 15 is 0 Å². The van der Waals surface area contributed by atoms with Crippen LogP contribution in [0.1, 0.15) is 20.2 Å². The van der Waals surface area contributed by atoms with Crippen molar-refractivity contribution < 1.29 is 23.5 Å². The van der Waals surface area contributed by atoms with E-state index in [-0.39, 0.29) is 30.4 Å². The first-order valence-corrected chi connectivity index (χ1v) is 10.3. The van der Waals surface area contributed by atoms with Crippen LogP contribution in [0.25, 0.3) is 5.69 Å². The predicted octanol–water partition coefficient (Wildman–Crippen LogP) is 3.19. The zero-order valence-corrected chi connectivity index (χ0v) is 17.5. The second-order valence-corrected chi connectivity index (χ2v) is 8.41. The molecule has 0 radical (unpaired) electrons. The number of carbonyl (C=O) groups excluding carboxylic acids is 3. The van der Waals surface area contributed by atoms with Gasteiger partial charge in [0, 0.05) is 18.0 Å². The monoisotopic (exact) mass is 462 g/mol. The lowest BCUT2D eigenvalue weighted by molar-refractivity contribution is 0.0919. The lowest BCUT2D eigenvalue weighted by atomic mass is 10.2. The van der Waals surface area contributed by atoms with Crippen molar-refractivity contribution in [1.29, 1.82) is 0 Å². The van der Waals surface area contributed by atoms with Crippen LogP contribution in [0.3, 0.4) is 0 Å². The molecule has 0 bridgehead atoms. The maximum atomic E-state index is 14.8. The highest BCUT2D eigenvalue weighted by Gasteiger charge is 2.34. The van der Waals surface area contributed by atoms with Crippen molar-refractivity contribution >= 4 is 46.5 Å². The molecule has 1 aliphatic heterocycles. The van der Waals surface area contributed by atoms with E-state index in [2.05, 4.69) is 5.32 Å². The number of hydrogen-bond donors (Lipinski definition) is 2. The molecule has 3 N–H and O–H groups in total. The molecule has 160 valence electrons. The molecule has 4 rings (SSSR count). The largest absolute Gasteiger partial charge is 0.442 e. The fourth-order valence-electron chi connectivity index (χ4n) is 3.23. The molecule has 0 saturated carbocycles. The Bertz CT molecular complexity index is 1180. The van der Waals surface area contributed by atoms with E-state index in [1.807, 2.05) is 0 Å². The summed E-state index contributed by atoms with van der Waals surface area (Å²) in [4.78, 5) is 37.5. The first kappa shape index (κ1) is 20.9. The fourth-order valence-corrected chi connectivity index (χ4v) is 4.19. The van der Waals surface area contributed by atoms with Gasteiger partial charge in [-0.2, -0.15) is 0 Å². The quantitative estimate of drug-likeness (QED) is 0.586. The Morgan fingerprint density at radius 3 is 2.77 bits per heavy atom. The smallest absolute Gasteiger partial charge is 0.414 e. The van der Waals surface area contributed by atoms with Crippen LogP contribution in [-0.2, 0) is 4.74 Å². The minimum Gasteiger partial charge on any atom is -0.442 e. The SMILES string of the molecule is NC(=O)c1cccn1-c1ccc(N2C[C@H](CNC(=O)c3ccc(Cl)s3)OC2=O)c(F)c1. The summed E-state index contributed by atoms with van der Waals surface area (Å²) in [5.74, 6) is -1.65. The zero-order valence-electron chi connectivity index (χ0n) is 15.9. The first-order chi connectivity index (χ1) is 14.8. The number of cyclic esters (lactones) is 1. The molecule has 0 spiro atoms. The van der Waals surface area contributed by atoms with Gasteiger partial charge in [0.1, 0.15) is 17.6 Å². The van der Waals surface area contributed by atoms with Crippen molar-refractivity contribution in [2.45, 2.75) is 6.10 Å². The Morgan fingerprint density at radius 1 is 1.29 bits per heavy atom. The number of nitrogens with two attached hydrogens (primary N) is 1. The van der Waals surface area contributed by atoms with Gasteiger partial charge < -0.3 is 20.4 Å². The van der Waals surface area contributed by atoms with Gasteiger partial charge in [0.2, 0.25) is 0 Å². The van der Waals surface area contributed by atoms with Crippen molar-refractivity contribution in [3.05, 3.63) is 69.4 Å². The van der Waals surface area contributed by atoms with Crippen molar-refractivity contribution in [3.8, 4) is 5.69 Å². The molecule has 1 aliphatic rings. The predicted molar refractivity (Wildman–Crippen MR) is 114 cm³/mol. The molecule has 11 heteroatoms. The summed E-state index contributed by atoms with van der Waals surface area (Å²) in [6, 6.07) is 10.5. The highest BCUT2D eigenvalue weighted by Crippen LogP contribution is 2.27. The number of anilines is 1. The molecule has 1 aromatic carbocycles. The lowest BCUT2D eigenvalue weighted by Crippen LogP contribution is -2.34. The molecular weight excluding hydrogens is 447 g/mol. The van der Waals surface area contributed by atoms with Gasteiger partial charge in [-0.3, -0.25) is 14.5 Å². The molecule has 0 unspecified atom stereocenters. The summed E-state index contributed by atoms with van der Waals surface area (Å²) in [5.41, 5.74) is 5.94. The third-order valence-electron chi connectivity index (χ3n) is 4.66. The Labute approximate surface area is 185 Å².